The molecule has 4 atom stereocenters. The maximum atomic E-state index is 6.81. The van der Waals surface area contributed by atoms with Gasteiger partial charge in [0.15, 0.2) is 11.3 Å². The van der Waals surface area contributed by atoms with Crippen LogP contribution >= 0.6 is 0 Å². The highest BCUT2D eigenvalue weighted by Crippen LogP contribution is 2.49. The van der Waals surface area contributed by atoms with Crippen molar-refractivity contribution in [2.45, 2.75) is 89.1 Å². The Balaban J connectivity index is 0.659. The van der Waals surface area contributed by atoms with Crippen LogP contribution in [0.4, 0.5) is 23.3 Å². The normalized spacial score (nSPS) is 21.7. The second kappa shape index (κ2) is 16.1. The number of nitrogens with two attached hydrogens (primary N) is 1. The van der Waals surface area contributed by atoms with Gasteiger partial charge in [0.1, 0.15) is 40.1 Å². The highest BCUT2D eigenvalue weighted by Gasteiger charge is 2.45. The van der Waals surface area contributed by atoms with E-state index in [2.05, 4.69) is 84.1 Å². The number of anilines is 4. The topological polar surface area (TPSA) is 193 Å². The highest BCUT2D eigenvalue weighted by atomic mass is 16.5. The first-order valence-electron chi connectivity index (χ1n) is 23.2. The van der Waals surface area contributed by atoms with Gasteiger partial charge in [0, 0.05) is 67.5 Å². The maximum absolute atomic E-state index is 6.81. The van der Waals surface area contributed by atoms with Gasteiger partial charge >= 0.3 is 0 Å². The van der Waals surface area contributed by atoms with Crippen molar-refractivity contribution in [3.63, 3.8) is 0 Å². The minimum absolute atomic E-state index is 0.117. The van der Waals surface area contributed by atoms with E-state index in [4.69, 9.17) is 35.1 Å². The number of aryl methyl sites for hydroxylation is 1. The van der Waals surface area contributed by atoms with E-state index >= 15 is 0 Å². The van der Waals surface area contributed by atoms with Crippen molar-refractivity contribution in [1.29, 1.82) is 0 Å². The van der Waals surface area contributed by atoms with Crippen molar-refractivity contribution >= 4 is 67.4 Å². The summed E-state index contributed by atoms with van der Waals surface area (Å²) >= 11 is 0. The van der Waals surface area contributed by atoms with Crippen LogP contribution in [0.3, 0.4) is 0 Å². The molecule has 2 aliphatic carbocycles. The molecular formula is C50H55N13O2. The molecule has 7 N–H and O–H groups in total. The van der Waals surface area contributed by atoms with Crippen molar-refractivity contribution in [2.24, 2.45) is 17.1 Å². The van der Waals surface area contributed by atoms with Gasteiger partial charge in [-0.1, -0.05) is 18.2 Å². The molecule has 1 spiro atoms. The smallest absolute Gasteiger partial charge is 0.182 e. The first-order valence-corrected chi connectivity index (χ1v) is 23.2. The minimum Gasteiger partial charge on any atom is -0.495 e. The van der Waals surface area contributed by atoms with Crippen LogP contribution in [-0.2, 0) is 17.8 Å². The summed E-state index contributed by atoms with van der Waals surface area (Å²) < 4.78 is 12.4. The Kier molecular flexibility index (Phi) is 9.92. The van der Waals surface area contributed by atoms with Gasteiger partial charge in [0.05, 0.1) is 37.2 Å². The third-order valence-corrected chi connectivity index (χ3v) is 14.9. The molecule has 8 aromatic rings. The second-order valence-electron chi connectivity index (χ2n) is 19.0. The van der Waals surface area contributed by atoms with Gasteiger partial charge in [-0.05, 0) is 128 Å². The molecule has 13 rings (SSSR count). The molecule has 9 heterocycles. The largest absolute Gasteiger partial charge is 0.495 e. The number of hydrogen-bond donors (Lipinski definition) is 6. The Morgan fingerprint density at radius 2 is 1.62 bits per heavy atom. The SMILES string of the molecule is COc1ccc(CNc2cnc3ccc(NCC4OC5CCC4CC5c4cc5ccc(CNc6cnc7ccc(N8CCC9(CC8)CC(N)C9)nc7n6)cc5[nH]4)nc3n2)c2c(C)c[nH]c12. The summed E-state index contributed by atoms with van der Waals surface area (Å²) in [6.45, 7) is 6.04. The molecule has 65 heavy (non-hydrogen) atoms. The van der Waals surface area contributed by atoms with Crippen molar-refractivity contribution in [1.82, 2.24) is 39.9 Å². The van der Waals surface area contributed by atoms with Gasteiger partial charge in [-0.25, -0.2) is 29.9 Å². The van der Waals surface area contributed by atoms with E-state index in [1.165, 1.54) is 41.5 Å². The van der Waals surface area contributed by atoms with Crippen molar-refractivity contribution in [3.05, 3.63) is 102 Å². The van der Waals surface area contributed by atoms with Gasteiger partial charge in [-0.3, -0.25) is 0 Å². The summed E-state index contributed by atoms with van der Waals surface area (Å²) in [4.78, 5) is 38.3. The Bertz CT molecular complexity index is 3060. The summed E-state index contributed by atoms with van der Waals surface area (Å²) in [5.41, 5.74) is 16.3. The fraction of sp³-hybridized carbons (Fsp3) is 0.400. The Morgan fingerprint density at radius 1 is 0.846 bits per heavy atom. The van der Waals surface area contributed by atoms with Crippen molar-refractivity contribution in [2.75, 3.05) is 47.6 Å². The summed E-state index contributed by atoms with van der Waals surface area (Å²) in [6.07, 6.45) is 13.9. The zero-order valence-electron chi connectivity index (χ0n) is 36.9. The van der Waals surface area contributed by atoms with Crippen LogP contribution in [0, 0.1) is 18.3 Å². The Labute approximate surface area is 376 Å². The number of nitrogens with one attached hydrogen (secondary N) is 5. The second-order valence-corrected chi connectivity index (χ2v) is 19.0. The van der Waals surface area contributed by atoms with Crippen LogP contribution in [0.1, 0.15) is 73.2 Å². The number of hydrogen-bond acceptors (Lipinski definition) is 13. The number of aromatic nitrogens is 8. The summed E-state index contributed by atoms with van der Waals surface area (Å²) in [6, 6.07) is 21.5. The van der Waals surface area contributed by atoms with Crippen molar-refractivity contribution in [3.8, 4) is 5.75 Å². The molecule has 2 aromatic carbocycles. The lowest BCUT2D eigenvalue weighted by atomic mass is 9.61. The lowest BCUT2D eigenvalue weighted by Crippen LogP contribution is -2.52. The van der Waals surface area contributed by atoms with Crippen LogP contribution in [-0.4, -0.2) is 84.9 Å². The van der Waals surface area contributed by atoms with E-state index in [-0.39, 0.29) is 12.2 Å². The molecule has 15 heteroatoms. The number of H-pyrrole nitrogens is 2. The number of fused-ring (bicyclic) bond motifs is 7. The maximum Gasteiger partial charge on any atom is 0.182 e. The third-order valence-electron chi connectivity index (χ3n) is 14.9. The molecule has 5 fully saturated rings. The monoisotopic (exact) mass is 869 g/mol. The fourth-order valence-corrected chi connectivity index (χ4v) is 11.3. The Morgan fingerprint density at radius 3 is 2.38 bits per heavy atom. The number of rotatable bonds is 12. The van der Waals surface area contributed by atoms with Crippen LogP contribution in [0.5, 0.6) is 5.75 Å². The number of nitrogens with zero attached hydrogens (tertiary/aromatic N) is 7. The molecule has 5 aliphatic rings. The molecule has 332 valence electrons. The van der Waals surface area contributed by atoms with E-state index in [9.17, 15) is 0 Å². The average molecular weight is 870 g/mol. The molecule has 2 saturated carbocycles. The van der Waals surface area contributed by atoms with Crippen molar-refractivity contribution < 1.29 is 9.47 Å². The van der Waals surface area contributed by atoms with Gasteiger partial charge in [-0.15, -0.1) is 0 Å². The standard InChI is InChI=1S/C50H55N13O2/c1-28-22-57-47-40(64-2)10-6-32(46(28)47)24-55-44-27-52-35-7-11-42(59-48(35)60-44)56-25-41-31-5-9-39(65-41)34(18-31)38-19-30-4-3-29(17-37(30)58-38)23-54-43-26-53-36-8-12-45(62-49(36)61-43)63-15-13-50(14-16-63)20-33(51)21-50/h3-4,6-8,10-12,17,19,22,26-27,31,33-34,39,41,57-58H,5,9,13-16,18,20-21,23-25,51H2,1-2H3,(H,54,61,62)(H2,55,56,59,60). The molecule has 0 amide bonds. The molecule has 0 radical (unpaired) electrons. The first-order chi connectivity index (χ1) is 31.8. The van der Waals surface area contributed by atoms with Gasteiger partial charge in [0.2, 0.25) is 0 Å². The Hall–Kier alpha value is -6.58. The quantitative estimate of drug-likeness (QED) is 0.0687. The molecule has 15 nitrogen and oxygen atoms in total. The zero-order chi connectivity index (χ0) is 43.6. The zero-order valence-corrected chi connectivity index (χ0v) is 36.9. The third kappa shape index (κ3) is 7.59. The average Bonchev–Trinajstić information content (AvgIpc) is 3.95. The summed E-state index contributed by atoms with van der Waals surface area (Å²) in [5.74, 6) is 4.76. The number of methoxy groups -OCH3 is 1. The first kappa shape index (κ1) is 40.0. The van der Waals surface area contributed by atoms with Crippen LogP contribution in [0.2, 0.25) is 0 Å². The van der Waals surface area contributed by atoms with Crippen LogP contribution in [0.25, 0.3) is 44.1 Å². The van der Waals surface area contributed by atoms with E-state index < -0.39 is 0 Å². The summed E-state index contributed by atoms with van der Waals surface area (Å²) in [5, 5.41) is 12.9. The number of pyridine rings is 2. The molecule has 3 aliphatic heterocycles. The van der Waals surface area contributed by atoms with Crippen LogP contribution in [0.15, 0.2) is 79.3 Å². The molecule has 4 unspecified atom stereocenters. The molecular weight excluding hydrogens is 815 g/mol. The molecule has 2 bridgehead atoms. The molecule has 6 aromatic heterocycles. The number of piperidine rings is 1. The number of aromatic amines is 2. The van der Waals surface area contributed by atoms with Gasteiger partial charge < -0.3 is 46.0 Å². The number of ether oxygens (including phenoxy) is 2. The highest BCUT2D eigenvalue weighted by molar-refractivity contribution is 5.91. The lowest BCUT2D eigenvalue weighted by Gasteiger charge is -2.51. The van der Waals surface area contributed by atoms with Gasteiger partial charge in [-0.2, -0.15) is 0 Å². The lowest BCUT2D eigenvalue weighted by molar-refractivity contribution is -0.130. The summed E-state index contributed by atoms with van der Waals surface area (Å²) in [7, 11) is 1.69. The van der Waals surface area contributed by atoms with E-state index in [0.717, 1.165) is 95.0 Å². The molecule has 3 saturated heterocycles. The predicted molar refractivity (Wildman–Crippen MR) is 256 cm³/mol. The predicted octanol–water partition coefficient (Wildman–Crippen LogP) is 8.34. The van der Waals surface area contributed by atoms with Crippen LogP contribution < -0.4 is 31.3 Å². The fourth-order valence-electron chi connectivity index (χ4n) is 11.3. The number of benzene rings is 2. The van der Waals surface area contributed by atoms with E-state index in [1.807, 2.05) is 30.5 Å². The van der Waals surface area contributed by atoms with Gasteiger partial charge in [0.25, 0.3) is 0 Å². The van der Waals surface area contributed by atoms with E-state index in [0.29, 0.717) is 60.0 Å². The minimum atomic E-state index is 0.117. The van der Waals surface area contributed by atoms with E-state index in [1.54, 1.807) is 19.5 Å².